The fourth-order valence-corrected chi connectivity index (χ4v) is 3.56. The van der Waals surface area contributed by atoms with Gasteiger partial charge in [-0.3, -0.25) is 9.59 Å². The van der Waals surface area contributed by atoms with Crippen LogP contribution in [0.2, 0.25) is 0 Å². The normalized spacial score (nSPS) is 15.0. The minimum Gasteiger partial charge on any atom is -0.380 e. The first-order chi connectivity index (χ1) is 14.2. The van der Waals surface area contributed by atoms with Crippen LogP contribution < -0.4 is 0 Å². The molecule has 0 bridgehead atoms. The van der Waals surface area contributed by atoms with Crippen molar-refractivity contribution < 1.29 is 19.4 Å². The van der Waals surface area contributed by atoms with Gasteiger partial charge >= 0.3 is 0 Å². The molecule has 0 radical (unpaired) electrons. The van der Waals surface area contributed by atoms with Crippen LogP contribution in [0.25, 0.3) is 16.5 Å². The van der Waals surface area contributed by atoms with Crippen LogP contribution in [0.4, 0.5) is 0 Å². The molecule has 2 rings (SSSR count). The molecule has 1 atom stereocenters. The van der Waals surface area contributed by atoms with Gasteiger partial charge in [0, 0.05) is 23.6 Å². The summed E-state index contributed by atoms with van der Waals surface area (Å²) in [7, 11) is 1.48. The van der Waals surface area contributed by atoms with Gasteiger partial charge in [0.25, 0.3) is 0 Å². The zero-order chi connectivity index (χ0) is 22.5. The Bertz CT molecular complexity index is 1020. The third kappa shape index (κ3) is 4.91. The highest BCUT2D eigenvalue weighted by Gasteiger charge is 2.32. The molecule has 1 aromatic carbocycles. The lowest BCUT2D eigenvalue weighted by molar-refractivity contribution is -0.121. The number of allylic oxidation sites excluding steroid dienone is 1. The quantitative estimate of drug-likeness (QED) is 0.378. The smallest absolute Gasteiger partial charge is 0.158 e. The maximum Gasteiger partial charge on any atom is 0.158 e. The number of Topliss-reactive ketones (excluding diaryl/α,β-unsaturated/α-hetero) is 1. The number of benzene rings is 1. The van der Waals surface area contributed by atoms with Gasteiger partial charge in [-0.1, -0.05) is 31.6 Å². The van der Waals surface area contributed by atoms with Gasteiger partial charge in [-0.15, -0.1) is 0 Å². The van der Waals surface area contributed by atoms with E-state index < -0.39 is 5.60 Å². The minimum atomic E-state index is -1.78. The molecule has 0 amide bonds. The van der Waals surface area contributed by atoms with Gasteiger partial charge in [-0.05, 0) is 62.9 Å². The van der Waals surface area contributed by atoms with Crippen molar-refractivity contribution in [3.63, 3.8) is 0 Å². The van der Waals surface area contributed by atoms with E-state index in [4.69, 9.17) is 9.72 Å². The first kappa shape index (κ1) is 23.6. The lowest BCUT2D eigenvalue weighted by atomic mass is 9.85. The lowest BCUT2D eigenvalue weighted by Crippen LogP contribution is -2.34. The molecule has 1 heterocycles. The maximum absolute atomic E-state index is 12.3. The molecule has 0 aliphatic carbocycles. The van der Waals surface area contributed by atoms with E-state index in [0.717, 1.165) is 34.2 Å². The van der Waals surface area contributed by atoms with E-state index in [0.29, 0.717) is 6.29 Å². The SMILES string of the molecule is CCc1cc2cc(C)ccc2nc1/C(C)=C/C(=C(/COC)C(C)=O)[C@](O)(C=O)CC. The van der Waals surface area contributed by atoms with Crippen molar-refractivity contribution in [1.29, 1.82) is 0 Å². The van der Waals surface area contributed by atoms with E-state index in [2.05, 4.69) is 19.1 Å². The Kier molecular flexibility index (Phi) is 7.82. The van der Waals surface area contributed by atoms with Crippen LogP contribution in [-0.4, -0.2) is 41.5 Å². The zero-order valence-electron chi connectivity index (χ0n) is 18.7. The average Bonchev–Trinajstić information content (AvgIpc) is 2.74. The molecule has 0 aliphatic heterocycles. The van der Waals surface area contributed by atoms with Crippen LogP contribution in [0.3, 0.4) is 0 Å². The number of aliphatic hydroxyl groups is 1. The third-order valence-corrected chi connectivity index (χ3v) is 5.40. The number of hydrogen-bond acceptors (Lipinski definition) is 5. The molecule has 5 heteroatoms. The molecule has 0 aliphatic rings. The molecule has 0 spiro atoms. The molecule has 160 valence electrons. The number of ketones is 1. The van der Waals surface area contributed by atoms with Gasteiger partial charge in [-0.2, -0.15) is 0 Å². The van der Waals surface area contributed by atoms with Crippen molar-refractivity contribution >= 4 is 28.5 Å². The number of aldehydes is 1. The highest BCUT2D eigenvalue weighted by molar-refractivity contribution is 5.97. The maximum atomic E-state index is 12.3. The van der Waals surface area contributed by atoms with Gasteiger partial charge in [0.2, 0.25) is 0 Å². The number of nitrogens with zero attached hydrogens (tertiary/aromatic N) is 1. The summed E-state index contributed by atoms with van der Waals surface area (Å²) in [6.45, 7) is 9.11. The van der Waals surface area contributed by atoms with Crippen LogP contribution in [0.5, 0.6) is 0 Å². The van der Waals surface area contributed by atoms with Crippen LogP contribution in [0.1, 0.15) is 50.9 Å². The van der Waals surface area contributed by atoms with Crippen LogP contribution in [-0.2, 0) is 20.7 Å². The monoisotopic (exact) mass is 409 g/mol. The Balaban J connectivity index is 2.78. The molecule has 0 fully saturated rings. The Morgan fingerprint density at radius 1 is 1.23 bits per heavy atom. The van der Waals surface area contributed by atoms with Crippen molar-refractivity contribution in [1.82, 2.24) is 4.98 Å². The van der Waals surface area contributed by atoms with Crippen molar-refractivity contribution in [3.8, 4) is 0 Å². The van der Waals surface area contributed by atoms with Crippen molar-refractivity contribution in [2.24, 2.45) is 0 Å². The summed E-state index contributed by atoms with van der Waals surface area (Å²) in [5.74, 6) is -0.248. The molecule has 0 unspecified atom stereocenters. The van der Waals surface area contributed by atoms with E-state index in [1.165, 1.54) is 19.6 Å². The Labute approximate surface area is 178 Å². The third-order valence-electron chi connectivity index (χ3n) is 5.40. The molecular formula is C25H31NO4. The highest BCUT2D eigenvalue weighted by atomic mass is 16.5. The van der Waals surface area contributed by atoms with E-state index in [1.54, 1.807) is 13.0 Å². The number of fused-ring (bicyclic) bond motifs is 1. The summed E-state index contributed by atoms with van der Waals surface area (Å²) in [5.41, 5.74) is 3.42. The average molecular weight is 410 g/mol. The number of carbonyl (C=O) groups excluding carboxylic acids is 2. The first-order valence-corrected chi connectivity index (χ1v) is 10.2. The number of pyridine rings is 1. The van der Waals surface area contributed by atoms with E-state index in [1.807, 2.05) is 26.0 Å². The van der Waals surface area contributed by atoms with E-state index >= 15 is 0 Å². The second kappa shape index (κ2) is 9.92. The summed E-state index contributed by atoms with van der Waals surface area (Å²) < 4.78 is 5.18. The molecule has 1 N–H and O–H groups in total. The number of hydrogen-bond donors (Lipinski definition) is 1. The van der Waals surface area contributed by atoms with Gasteiger partial charge in [-0.25, -0.2) is 4.98 Å². The number of aryl methyl sites for hydroxylation is 2. The summed E-state index contributed by atoms with van der Waals surface area (Å²) >= 11 is 0. The predicted octanol–water partition coefficient (Wildman–Crippen LogP) is 4.38. The standard InChI is InChI=1S/C25H31NO4/c1-7-19-13-20-11-16(3)9-10-23(20)26-24(19)17(4)12-22(25(29,8-2)15-27)21(14-30-6)18(5)28/h9-13,15,29H,7-8,14H2,1-6H3/b17-12+,22-21+/t25-/m1/s1. The van der Waals surface area contributed by atoms with Crippen molar-refractivity contribution in [2.75, 3.05) is 13.7 Å². The van der Waals surface area contributed by atoms with E-state index in [-0.39, 0.29) is 30.0 Å². The molecule has 30 heavy (non-hydrogen) atoms. The van der Waals surface area contributed by atoms with E-state index in [9.17, 15) is 14.7 Å². The number of aromatic nitrogens is 1. The molecule has 5 nitrogen and oxygen atoms in total. The molecule has 0 saturated heterocycles. The van der Waals surface area contributed by atoms with Gasteiger partial charge in [0.05, 0.1) is 17.8 Å². The number of ether oxygens (including phenoxy) is 1. The fourth-order valence-electron chi connectivity index (χ4n) is 3.56. The Morgan fingerprint density at radius 2 is 1.93 bits per heavy atom. The van der Waals surface area contributed by atoms with Crippen molar-refractivity contribution in [2.45, 2.75) is 53.1 Å². The Hall–Kier alpha value is -2.63. The number of carbonyl (C=O) groups is 2. The van der Waals surface area contributed by atoms with Crippen LogP contribution in [0.15, 0.2) is 41.5 Å². The second-order valence-corrected chi connectivity index (χ2v) is 7.65. The van der Waals surface area contributed by atoms with Crippen LogP contribution >= 0.6 is 0 Å². The molecule has 2 aromatic rings. The summed E-state index contributed by atoms with van der Waals surface area (Å²) in [6, 6.07) is 8.23. The summed E-state index contributed by atoms with van der Waals surface area (Å²) in [4.78, 5) is 28.9. The highest BCUT2D eigenvalue weighted by Crippen LogP contribution is 2.30. The minimum absolute atomic E-state index is 0.00958. The topological polar surface area (TPSA) is 76.5 Å². The number of methoxy groups -OCH3 is 1. The summed E-state index contributed by atoms with van der Waals surface area (Å²) in [6.07, 6.45) is 3.11. The predicted molar refractivity (Wildman–Crippen MR) is 120 cm³/mol. The number of rotatable bonds is 9. The van der Waals surface area contributed by atoms with Crippen molar-refractivity contribution in [3.05, 3.63) is 58.3 Å². The van der Waals surface area contributed by atoms with Gasteiger partial charge in [0.15, 0.2) is 12.1 Å². The van der Waals surface area contributed by atoms with Gasteiger partial charge in [0.1, 0.15) is 5.60 Å². The Morgan fingerprint density at radius 3 is 2.47 bits per heavy atom. The largest absolute Gasteiger partial charge is 0.380 e. The zero-order valence-corrected chi connectivity index (χ0v) is 18.7. The molecular weight excluding hydrogens is 378 g/mol. The lowest BCUT2D eigenvalue weighted by Gasteiger charge is -2.25. The van der Waals surface area contributed by atoms with Crippen LogP contribution in [0, 0.1) is 6.92 Å². The molecule has 0 saturated carbocycles. The molecule has 1 aromatic heterocycles. The fraction of sp³-hybridized carbons (Fsp3) is 0.400. The van der Waals surface area contributed by atoms with Gasteiger partial charge < -0.3 is 9.84 Å². The first-order valence-electron chi connectivity index (χ1n) is 10.2. The second-order valence-electron chi connectivity index (χ2n) is 7.65. The summed E-state index contributed by atoms with van der Waals surface area (Å²) in [5, 5.41) is 12.0.